The van der Waals surface area contributed by atoms with Gasteiger partial charge in [-0.2, -0.15) is 4.98 Å². The lowest BCUT2D eigenvalue weighted by atomic mass is 9.87. The Kier molecular flexibility index (Phi) is 5.83. The van der Waals surface area contributed by atoms with Crippen LogP contribution in [0, 0.1) is 5.92 Å². The lowest BCUT2D eigenvalue weighted by molar-refractivity contribution is -0.138. The van der Waals surface area contributed by atoms with Crippen molar-refractivity contribution in [3.05, 3.63) is 66.2 Å². The Bertz CT molecular complexity index is 1250. The second kappa shape index (κ2) is 8.58. The van der Waals surface area contributed by atoms with Gasteiger partial charge in [0.1, 0.15) is 5.75 Å². The minimum absolute atomic E-state index is 0.0957. The van der Waals surface area contributed by atoms with Gasteiger partial charge < -0.3 is 9.26 Å². The fourth-order valence-corrected chi connectivity index (χ4v) is 3.38. The smallest absolute Gasteiger partial charge is 0.314 e. The Morgan fingerprint density at radius 3 is 2.31 bits per heavy atom. The van der Waals surface area contributed by atoms with E-state index in [9.17, 15) is 4.79 Å². The monoisotopic (exact) mass is 428 g/mol. The van der Waals surface area contributed by atoms with Crippen molar-refractivity contribution in [2.45, 2.75) is 46.5 Å². The first-order valence-corrected chi connectivity index (χ1v) is 10.9. The van der Waals surface area contributed by atoms with Crippen LogP contribution in [0.25, 0.3) is 33.6 Å². The predicted molar refractivity (Wildman–Crippen MR) is 126 cm³/mol. The number of carbonyl (C=O) groups excluding carboxylic acids is 1. The van der Waals surface area contributed by atoms with Crippen molar-refractivity contribution >= 4 is 16.7 Å². The van der Waals surface area contributed by atoms with Gasteiger partial charge in [0.05, 0.1) is 5.92 Å². The van der Waals surface area contributed by atoms with Crippen LogP contribution in [0.3, 0.4) is 0 Å². The average Bonchev–Trinajstić information content (AvgIpc) is 3.28. The Morgan fingerprint density at radius 2 is 1.62 bits per heavy atom. The highest BCUT2D eigenvalue weighted by molar-refractivity contribution is 5.88. The normalized spacial score (nSPS) is 12.7. The van der Waals surface area contributed by atoms with E-state index in [-0.39, 0.29) is 17.3 Å². The number of aromatic nitrogens is 2. The van der Waals surface area contributed by atoms with E-state index in [0.717, 1.165) is 28.3 Å². The molecule has 1 unspecified atom stereocenters. The number of fused-ring (bicyclic) bond motifs is 1. The average molecular weight is 429 g/mol. The van der Waals surface area contributed by atoms with Crippen LogP contribution < -0.4 is 4.74 Å². The quantitative estimate of drug-likeness (QED) is 0.258. The number of hydrogen-bond donors (Lipinski definition) is 0. The van der Waals surface area contributed by atoms with Crippen LogP contribution in [0.4, 0.5) is 0 Å². The third kappa shape index (κ3) is 4.57. The van der Waals surface area contributed by atoms with Crippen LogP contribution in [-0.4, -0.2) is 16.1 Å². The van der Waals surface area contributed by atoms with Crippen molar-refractivity contribution in [2.24, 2.45) is 5.92 Å². The van der Waals surface area contributed by atoms with Gasteiger partial charge in [-0.15, -0.1) is 0 Å². The molecule has 1 atom stereocenters. The van der Waals surface area contributed by atoms with Gasteiger partial charge in [0.15, 0.2) is 0 Å². The number of benzene rings is 3. The Balaban J connectivity index is 1.56. The van der Waals surface area contributed by atoms with Crippen molar-refractivity contribution < 1.29 is 14.1 Å². The van der Waals surface area contributed by atoms with Crippen LogP contribution >= 0.6 is 0 Å². The second-order valence-corrected chi connectivity index (χ2v) is 9.20. The van der Waals surface area contributed by atoms with E-state index in [2.05, 4.69) is 43.0 Å². The summed E-state index contributed by atoms with van der Waals surface area (Å²) in [6.07, 6.45) is 0.753. The zero-order valence-electron chi connectivity index (χ0n) is 19.2. The molecule has 0 spiro atoms. The second-order valence-electron chi connectivity index (χ2n) is 9.20. The fourth-order valence-electron chi connectivity index (χ4n) is 3.38. The summed E-state index contributed by atoms with van der Waals surface area (Å²) < 4.78 is 11.0. The Labute approximate surface area is 188 Å². The molecule has 0 aliphatic rings. The van der Waals surface area contributed by atoms with E-state index in [1.54, 1.807) is 0 Å². The third-order valence-corrected chi connectivity index (χ3v) is 5.73. The molecule has 4 aromatic rings. The van der Waals surface area contributed by atoms with E-state index < -0.39 is 0 Å². The van der Waals surface area contributed by atoms with E-state index in [4.69, 9.17) is 9.26 Å². The zero-order valence-corrected chi connectivity index (χ0v) is 19.2. The molecule has 3 aromatic carbocycles. The van der Waals surface area contributed by atoms with Crippen LogP contribution in [0.15, 0.2) is 65.2 Å². The first-order chi connectivity index (χ1) is 15.2. The molecule has 1 aromatic heterocycles. The first kappa shape index (κ1) is 21.8. The number of carbonyl (C=O) groups is 1. The summed E-state index contributed by atoms with van der Waals surface area (Å²) in [7, 11) is 0. The molecule has 0 amide bonds. The number of esters is 1. The van der Waals surface area contributed by atoms with Gasteiger partial charge >= 0.3 is 5.97 Å². The predicted octanol–water partition coefficient (Wildman–Crippen LogP) is 6.81. The molecular formula is C27H28N2O3. The van der Waals surface area contributed by atoms with Crippen LogP contribution in [0.1, 0.15) is 46.6 Å². The summed E-state index contributed by atoms with van der Waals surface area (Å²) in [5.74, 6) is 1.25. The SMILES string of the molecule is CCC(C)C(=O)Oc1ccc2cc(-c3nc(-c4ccc(C(C)(C)C)cc4)no3)ccc2c1. The zero-order chi connectivity index (χ0) is 22.9. The minimum atomic E-state index is -0.211. The standard InChI is InChI=1S/C27H28N2O3/c1-6-17(2)26(30)31-23-14-11-19-15-21(8-7-20(19)16-23)25-28-24(29-32-25)18-9-12-22(13-10-18)27(3,4)5/h7-17H,6H2,1-5H3. The van der Waals surface area contributed by atoms with Gasteiger partial charge in [-0.25, -0.2) is 0 Å². The Morgan fingerprint density at radius 1 is 0.969 bits per heavy atom. The fraction of sp³-hybridized carbons (Fsp3) is 0.296. The maximum Gasteiger partial charge on any atom is 0.314 e. The van der Waals surface area contributed by atoms with Crippen LogP contribution in [0.2, 0.25) is 0 Å². The third-order valence-electron chi connectivity index (χ3n) is 5.73. The molecule has 5 nitrogen and oxygen atoms in total. The molecule has 32 heavy (non-hydrogen) atoms. The highest BCUT2D eigenvalue weighted by Gasteiger charge is 2.16. The summed E-state index contributed by atoms with van der Waals surface area (Å²) in [5.41, 5.74) is 3.11. The summed E-state index contributed by atoms with van der Waals surface area (Å²) in [4.78, 5) is 16.6. The number of nitrogens with zero attached hydrogens (tertiary/aromatic N) is 2. The molecule has 0 saturated carbocycles. The van der Waals surface area contributed by atoms with E-state index in [1.807, 2.05) is 62.4 Å². The lowest BCUT2D eigenvalue weighted by Gasteiger charge is -2.18. The van der Waals surface area contributed by atoms with Gasteiger partial charge in [-0.1, -0.05) is 76.2 Å². The number of rotatable bonds is 5. The molecule has 0 aliphatic heterocycles. The van der Waals surface area contributed by atoms with Gasteiger partial charge in [-0.3, -0.25) is 4.79 Å². The van der Waals surface area contributed by atoms with E-state index in [0.29, 0.717) is 17.5 Å². The summed E-state index contributed by atoms with van der Waals surface area (Å²) in [5, 5.41) is 6.14. The molecule has 5 heteroatoms. The van der Waals surface area contributed by atoms with Crippen molar-refractivity contribution in [1.82, 2.24) is 10.1 Å². The van der Waals surface area contributed by atoms with E-state index in [1.165, 1.54) is 5.56 Å². The molecule has 0 N–H and O–H groups in total. The molecule has 4 rings (SSSR count). The Hall–Kier alpha value is -3.47. The van der Waals surface area contributed by atoms with Crippen molar-refractivity contribution in [2.75, 3.05) is 0 Å². The largest absolute Gasteiger partial charge is 0.426 e. The molecule has 164 valence electrons. The molecule has 1 heterocycles. The minimum Gasteiger partial charge on any atom is -0.426 e. The van der Waals surface area contributed by atoms with Crippen molar-refractivity contribution in [3.63, 3.8) is 0 Å². The highest BCUT2D eigenvalue weighted by atomic mass is 16.5. The van der Waals surface area contributed by atoms with Crippen molar-refractivity contribution in [3.8, 4) is 28.6 Å². The van der Waals surface area contributed by atoms with E-state index >= 15 is 0 Å². The molecular weight excluding hydrogens is 400 g/mol. The topological polar surface area (TPSA) is 65.2 Å². The summed E-state index contributed by atoms with van der Waals surface area (Å²) >= 11 is 0. The summed E-state index contributed by atoms with van der Waals surface area (Å²) in [6, 6.07) is 19.8. The molecule has 0 radical (unpaired) electrons. The van der Waals surface area contributed by atoms with Crippen LogP contribution in [-0.2, 0) is 10.2 Å². The van der Waals surface area contributed by atoms with Crippen LogP contribution in [0.5, 0.6) is 5.75 Å². The first-order valence-electron chi connectivity index (χ1n) is 10.9. The molecule has 0 saturated heterocycles. The molecule has 0 bridgehead atoms. The highest BCUT2D eigenvalue weighted by Crippen LogP contribution is 2.29. The number of hydrogen-bond acceptors (Lipinski definition) is 5. The molecule has 0 fully saturated rings. The molecule has 0 aliphatic carbocycles. The maximum absolute atomic E-state index is 12.1. The van der Waals surface area contributed by atoms with Gasteiger partial charge in [0, 0.05) is 11.1 Å². The van der Waals surface area contributed by atoms with Gasteiger partial charge in [-0.05, 0) is 52.4 Å². The van der Waals surface area contributed by atoms with Gasteiger partial charge in [0.25, 0.3) is 5.89 Å². The summed E-state index contributed by atoms with van der Waals surface area (Å²) in [6.45, 7) is 10.4. The lowest BCUT2D eigenvalue weighted by Crippen LogP contribution is -2.16. The van der Waals surface area contributed by atoms with Crippen molar-refractivity contribution in [1.29, 1.82) is 0 Å². The van der Waals surface area contributed by atoms with Gasteiger partial charge in [0.2, 0.25) is 5.82 Å². The maximum atomic E-state index is 12.1. The number of ether oxygens (including phenoxy) is 1.